The maximum absolute atomic E-state index is 5.43. The van der Waals surface area contributed by atoms with Gasteiger partial charge in [-0.15, -0.1) is 0 Å². The molecule has 124 valence electrons. The fourth-order valence-electron chi connectivity index (χ4n) is 3.19. The van der Waals surface area contributed by atoms with Crippen molar-refractivity contribution in [2.75, 3.05) is 46.9 Å². The van der Waals surface area contributed by atoms with Crippen molar-refractivity contribution < 1.29 is 9.47 Å². The van der Waals surface area contributed by atoms with E-state index in [-0.39, 0.29) is 0 Å². The lowest BCUT2D eigenvalue weighted by Crippen LogP contribution is -2.33. The van der Waals surface area contributed by atoms with E-state index in [1.165, 1.54) is 30.6 Å². The molecule has 0 spiro atoms. The van der Waals surface area contributed by atoms with E-state index in [4.69, 9.17) is 9.47 Å². The highest BCUT2D eigenvalue weighted by Gasteiger charge is 2.19. The summed E-state index contributed by atoms with van der Waals surface area (Å²) in [5, 5.41) is 0. The van der Waals surface area contributed by atoms with Gasteiger partial charge in [-0.1, -0.05) is 13.8 Å². The largest absolute Gasteiger partial charge is 0.493 e. The van der Waals surface area contributed by atoms with Gasteiger partial charge in [0.25, 0.3) is 0 Å². The Bertz CT molecular complexity index is 472. The van der Waals surface area contributed by atoms with Crippen molar-refractivity contribution in [2.24, 2.45) is 0 Å². The van der Waals surface area contributed by atoms with Gasteiger partial charge in [0.2, 0.25) is 0 Å². The summed E-state index contributed by atoms with van der Waals surface area (Å²) >= 11 is 0. The second-order valence-corrected chi connectivity index (χ2v) is 5.88. The number of rotatable bonds is 8. The molecule has 0 aromatic heterocycles. The highest BCUT2D eigenvalue weighted by atomic mass is 16.5. The van der Waals surface area contributed by atoms with Crippen LogP contribution in [-0.2, 0) is 13.0 Å². The molecule has 0 unspecified atom stereocenters. The molecule has 0 aliphatic carbocycles. The fourth-order valence-corrected chi connectivity index (χ4v) is 3.19. The molecule has 0 radical (unpaired) electrons. The van der Waals surface area contributed by atoms with Crippen molar-refractivity contribution in [1.82, 2.24) is 9.80 Å². The molecule has 1 aromatic carbocycles. The van der Waals surface area contributed by atoms with Crippen LogP contribution in [0.1, 0.15) is 31.4 Å². The van der Waals surface area contributed by atoms with Gasteiger partial charge in [-0.2, -0.15) is 0 Å². The first-order valence-corrected chi connectivity index (χ1v) is 8.40. The van der Waals surface area contributed by atoms with Crippen LogP contribution in [0.15, 0.2) is 12.1 Å². The summed E-state index contributed by atoms with van der Waals surface area (Å²) in [4.78, 5) is 5.05. The van der Waals surface area contributed by atoms with Crippen LogP contribution in [0.5, 0.6) is 11.5 Å². The van der Waals surface area contributed by atoms with Crippen LogP contribution < -0.4 is 9.47 Å². The first-order valence-electron chi connectivity index (χ1n) is 8.40. The average Bonchev–Trinajstić information content (AvgIpc) is 2.57. The van der Waals surface area contributed by atoms with Crippen molar-refractivity contribution >= 4 is 0 Å². The van der Waals surface area contributed by atoms with E-state index in [9.17, 15) is 0 Å². The first-order chi connectivity index (χ1) is 10.7. The molecule has 0 N–H and O–H groups in total. The zero-order valence-corrected chi connectivity index (χ0v) is 14.5. The van der Waals surface area contributed by atoms with Gasteiger partial charge >= 0.3 is 0 Å². The number of nitrogens with zero attached hydrogens (tertiary/aromatic N) is 2. The predicted octanol–water partition coefficient (Wildman–Crippen LogP) is 2.79. The zero-order chi connectivity index (χ0) is 15.9. The van der Waals surface area contributed by atoms with E-state index in [0.717, 1.165) is 44.1 Å². The first kappa shape index (κ1) is 17.1. The molecule has 4 nitrogen and oxygen atoms in total. The van der Waals surface area contributed by atoms with Gasteiger partial charge in [-0.05, 0) is 62.3 Å². The van der Waals surface area contributed by atoms with Crippen LogP contribution in [0, 0.1) is 0 Å². The van der Waals surface area contributed by atoms with E-state index >= 15 is 0 Å². The van der Waals surface area contributed by atoms with Crippen molar-refractivity contribution in [3.05, 3.63) is 23.3 Å². The van der Waals surface area contributed by atoms with Crippen LogP contribution >= 0.6 is 0 Å². The van der Waals surface area contributed by atoms with E-state index in [1.54, 1.807) is 14.2 Å². The highest BCUT2D eigenvalue weighted by Crippen LogP contribution is 2.33. The minimum atomic E-state index is 0.839. The molecule has 0 bridgehead atoms. The number of fused-ring (bicyclic) bond motifs is 1. The molecule has 1 aliphatic rings. The van der Waals surface area contributed by atoms with Crippen molar-refractivity contribution in [3.63, 3.8) is 0 Å². The molecular weight excluding hydrogens is 276 g/mol. The summed E-state index contributed by atoms with van der Waals surface area (Å²) in [5.41, 5.74) is 2.78. The van der Waals surface area contributed by atoms with Gasteiger partial charge < -0.3 is 14.4 Å². The number of ether oxygens (including phenoxy) is 2. The lowest BCUT2D eigenvalue weighted by atomic mass is 9.98. The minimum Gasteiger partial charge on any atom is -0.493 e. The number of benzene rings is 1. The van der Waals surface area contributed by atoms with E-state index in [2.05, 4.69) is 35.8 Å². The highest BCUT2D eigenvalue weighted by molar-refractivity contribution is 5.48. The molecule has 0 fully saturated rings. The normalized spacial score (nSPS) is 15.0. The lowest BCUT2D eigenvalue weighted by molar-refractivity contribution is 0.223. The van der Waals surface area contributed by atoms with Gasteiger partial charge in [-0.3, -0.25) is 4.90 Å². The second kappa shape index (κ2) is 8.39. The van der Waals surface area contributed by atoms with Crippen LogP contribution in [0.4, 0.5) is 0 Å². The van der Waals surface area contributed by atoms with Gasteiger partial charge in [0.05, 0.1) is 14.2 Å². The SMILES string of the molecule is CCN(CC)CCCN1CCc2cc(OC)c(OC)cc2C1. The smallest absolute Gasteiger partial charge is 0.161 e. The summed E-state index contributed by atoms with van der Waals surface area (Å²) in [6, 6.07) is 4.28. The molecule has 1 heterocycles. The standard InChI is InChI=1S/C18H30N2O2/c1-5-19(6-2)9-7-10-20-11-8-15-12-17(21-3)18(22-4)13-16(15)14-20/h12-13H,5-11,14H2,1-4H3. The van der Waals surface area contributed by atoms with Crippen LogP contribution in [0.3, 0.4) is 0 Å². The van der Waals surface area contributed by atoms with Crippen molar-refractivity contribution in [3.8, 4) is 11.5 Å². The molecule has 0 saturated heterocycles. The Kier molecular flexibility index (Phi) is 6.52. The summed E-state index contributed by atoms with van der Waals surface area (Å²) in [5.74, 6) is 1.68. The molecule has 0 saturated carbocycles. The quantitative estimate of drug-likeness (QED) is 0.737. The summed E-state index contributed by atoms with van der Waals surface area (Å²) in [7, 11) is 3.40. The monoisotopic (exact) mass is 306 g/mol. The molecule has 1 aliphatic heterocycles. The third-order valence-electron chi connectivity index (χ3n) is 4.64. The maximum Gasteiger partial charge on any atom is 0.161 e. The van der Waals surface area contributed by atoms with E-state index in [0.29, 0.717) is 0 Å². The molecule has 22 heavy (non-hydrogen) atoms. The lowest BCUT2D eigenvalue weighted by Gasteiger charge is -2.30. The number of hydrogen-bond acceptors (Lipinski definition) is 4. The Morgan fingerprint density at radius 2 is 1.68 bits per heavy atom. The molecule has 0 amide bonds. The Hall–Kier alpha value is -1.26. The number of methoxy groups -OCH3 is 2. The maximum atomic E-state index is 5.43. The Labute approximate surface area is 135 Å². The van der Waals surface area contributed by atoms with Gasteiger partial charge in [-0.25, -0.2) is 0 Å². The van der Waals surface area contributed by atoms with Crippen LogP contribution in [0.25, 0.3) is 0 Å². The minimum absolute atomic E-state index is 0.839. The second-order valence-electron chi connectivity index (χ2n) is 5.88. The molecule has 1 aromatic rings. The fraction of sp³-hybridized carbons (Fsp3) is 0.667. The zero-order valence-electron chi connectivity index (χ0n) is 14.5. The molecular formula is C18H30N2O2. The van der Waals surface area contributed by atoms with Gasteiger partial charge in [0.15, 0.2) is 11.5 Å². The summed E-state index contributed by atoms with van der Waals surface area (Å²) in [6.07, 6.45) is 2.34. The van der Waals surface area contributed by atoms with Gasteiger partial charge in [0.1, 0.15) is 0 Å². The van der Waals surface area contributed by atoms with E-state index in [1.807, 2.05) is 0 Å². The van der Waals surface area contributed by atoms with Crippen LogP contribution in [0.2, 0.25) is 0 Å². The Morgan fingerprint density at radius 3 is 2.27 bits per heavy atom. The predicted molar refractivity (Wildman–Crippen MR) is 90.9 cm³/mol. The topological polar surface area (TPSA) is 24.9 Å². The average molecular weight is 306 g/mol. The van der Waals surface area contributed by atoms with Crippen LogP contribution in [-0.4, -0.2) is 56.7 Å². The van der Waals surface area contributed by atoms with Crippen molar-refractivity contribution in [1.29, 1.82) is 0 Å². The summed E-state index contributed by atoms with van der Waals surface area (Å²) < 4.78 is 10.8. The summed E-state index contributed by atoms with van der Waals surface area (Å²) in [6.45, 7) is 11.3. The number of hydrogen-bond donors (Lipinski definition) is 0. The third-order valence-corrected chi connectivity index (χ3v) is 4.64. The third kappa shape index (κ3) is 4.14. The molecule has 0 atom stereocenters. The van der Waals surface area contributed by atoms with E-state index < -0.39 is 0 Å². The van der Waals surface area contributed by atoms with Crippen molar-refractivity contribution in [2.45, 2.75) is 33.2 Å². The molecule has 4 heteroatoms. The Morgan fingerprint density at radius 1 is 1.05 bits per heavy atom. The molecule has 2 rings (SSSR count). The Balaban J connectivity index is 1.93. The van der Waals surface area contributed by atoms with Gasteiger partial charge in [0, 0.05) is 13.1 Å².